The Hall–Kier alpha value is -0.160. The first kappa shape index (κ1) is 10.4. The van der Waals surface area contributed by atoms with Gasteiger partial charge in [0.2, 0.25) is 0 Å². The molecule has 3 unspecified atom stereocenters. The lowest BCUT2D eigenvalue weighted by Crippen LogP contribution is -2.50. The van der Waals surface area contributed by atoms with Gasteiger partial charge in [0.05, 0.1) is 18.9 Å². The minimum atomic E-state index is -0.197. The van der Waals surface area contributed by atoms with Crippen LogP contribution in [0.3, 0.4) is 0 Å². The third-order valence-corrected chi connectivity index (χ3v) is 3.30. The van der Waals surface area contributed by atoms with E-state index in [1.807, 2.05) is 0 Å². The molecule has 2 rings (SSSR count). The van der Waals surface area contributed by atoms with Crippen LogP contribution in [-0.4, -0.2) is 53.1 Å². The number of hydrogen-bond acceptors (Lipinski definition) is 3. The van der Waals surface area contributed by atoms with Gasteiger partial charge in [0.25, 0.3) is 0 Å². The van der Waals surface area contributed by atoms with Gasteiger partial charge in [-0.05, 0) is 19.3 Å². The summed E-state index contributed by atoms with van der Waals surface area (Å²) >= 11 is 0. The summed E-state index contributed by atoms with van der Waals surface area (Å²) < 4.78 is 0. The van der Waals surface area contributed by atoms with E-state index < -0.39 is 0 Å². The van der Waals surface area contributed by atoms with E-state index in [-0.39, 0.29) is 24.9 Å². The highest BCUT2D eigenvalue weighted by atomic mass is 16.3. The van der Waals surface area contributed by atoms with Crippen molar-refractivity contribution in [3.05, 3.63) is 0 Å². The molecule has 2 saturated heterocycles. The molecule has 2 aliphatic rings. The zero-order chi connectivity index (χ0) is 9.97. The average Bonchev–Trinajstić information content (AvgIpc) is 2.65. The van der Waals surface area contributed by atoms with Gasteiger partial charge in [0.1, 0.15) is 0 Å². The SMILES string of the molecule is OCC1CCCN1C1CC(O)CC[N]1. The molecule has 14 heavy (non-hydrogen) atoms. The maximum absolute atomic E-state index is 9.55. The van der Waals surface area contributed by atoms with Gasteiger partial charge in [0.15, 0.2) is 0 Å². The summed E-state index contributed by atoms with van der Waals surface area (Å²) in [4.78, 5) is 2.25. The lowest BCUT2D eigenvalue weighted by Gasteiger charge is -2.36. The molecule has 4 nitrogen and oxygen atoms in total. The topological polar surface area (TPSA) is 57.8 Å². The highest BCUT2D eigenvalue weighted by molar-refractivity contribution is 4.86. The lowest BCUT2D eigenvalue weighted by atomic mass is 10.1. The fourth-order valence-electron chi connectivity index (χ4n) is 2.50. The number of hydrogen-bond donors (Lipinski definition) is 2. The van der Waals surface area contributed by atoms with E-state index >= 15 is 0 Å². The van der Waals surface area contributed by atoms with Crippen LogP contribution in [0.25, 0.3) is 0 Å². The molecule has 3 atom stereocenters. The number of likely N-dealkylation sites (tertiary alicyclic amines) is 1. The Morgan fingerprint density at radius 3 is 2.93 bits per heavy atom. The monoisotopic (exact) mass is 199 g/mol. The summed E-state index contributed by atoms with van der Waals surface area (Å²) in [5.41, 5.74) is 0. The van der Waals surface area contributed by atoms with E-state index in [1.165, 1.54) is 0 Å². The molecule has 0 spiro atoms. The molecule has 0 aliphatic carbocycles. The molecule has 81 valence electrons. The average molecular weight is 199 g/mol. The summed E-state index contributed by atoms with van der Waals surface area (Å²) in [7, 11) is 0. The molecule has 0 aromatic carbocycles. The summed E-state index contributed by atoms with van der Waals surface area (Å²) in [5, 5.41) is 23.3. The van der Waals surface area contributed by atoms with Crippen LogP contribution < -0.4 is 5.32 Å². The van der Waals surface area contributed by atoms with Gasteiger partial charge in [-0.2, -0.15) is 0 Å². The van der Waals surface area contributed by atoms with Crippen molar-refractivity contribution >= 4 is 0 Å². The quantitative estimate of drug-likeness (QED) is 0.632. The number of rotatable bonds is 2. The van der Waals surface area contributed by atoms with Gasteiger partial charge >= 0.3 is 0 Å². The van der Waals surface area contributed by atoms with Gasteiger partial charge in [0, 0.05) is 25.6 Å². The van der Waals surface area contributed by atoms with E-state index in [4.69, 9.17) is 0 Å². The Balaban J connectivity index is 1.92. The second-order valence-electron chi connectivity index (χ2n) is 4.28. The van der Waals surface area contributed by atoms with Crippen LogP contribution in [-0.2, 0) is 0 Å². The smallest absolute Gasteiger partial charge is 0.0788 e. The molecule has 2 heterocycles. The Morgan fingerprint density at radius 1 is 1.36 bits per heavy atom. The summed E-state index contributed by atoms with van der Waals surface area (Å²) in [6, 6.07) is 0.272. The maximum Gasteiger partial charge on any atom is 0.0788 e. The summed E-state index contributed by atoms with van der Waals surface area (Å²) in [6.45, 7) is 2.01. The van der Waals surface area contributed by atoms with Crippen LogP contribution in [0.1, 0.15) is 25.7 Å². The number of piperidine rings is 1. The van der Waals surface area contributed by atoms with E-state index in [2.05, 4.69) is 10.2 Å². The standard InChI is InChI=1S/C10H19N2O2/c13-7-8-2-1-5-12(8)10-6-9(14)3-4-11-10/h8-10,13-14H,1-7H2. The van der Waals surface area contributed by atoms with Crippen LogP contribution in [0.5, 0.6) is 0 Å². The van der Waals surface area contributed by atoms with E-state index in [0.717, 1.165) is 38.8 Å². The van der Waals surface area contributed by atoms with Crippen molar-refractivity contribution in [1.29, 1.82) is 0 Å². The van der Waals surface area contributed by atoms with Gasteiger partial charge in [-0.3, -0.25) is 4.90 Å². The predicted octanol–water partition coefficient (Wildman–Crippen LogP) is -0.472. The second-order valence-corrected chi connectivity index (χ2v) is 4.28. The first-order chi connectivity index (χ1) is 6.81. The highest BCUT2D eigenvalue weighted by Gasteiger charge is 2.33. The fraction of sp³-hybridized carbons (Fsp3) is 1.00. The van der Waals surface area contributed by atoms with Crippen molar-refractivity contribution in [2.24, 2.45) is 0 Å². The van der Waals surface area contributed by atoms with Crippen LogP contribution in [0.4, 0.5) is 0 Å². The summed E-state index contributed by atoms with van der Waals surface area (Å²) in [6.07, 6.45) is 3.71. The minimum Gasteiger partial charge on any atom is -0.395 e. The Kier molecular flexibility index (Phi) is 3.38. The van der Waals surface area contributed by atoms with Crippen molar-refractivity contribution < 1.29 is 10.2 Å². The molecule has 0 saturated carbocycles. The molecule has 0 amide bonds. The predicted molar refractivity (Wildman–Crippen MR) is 52.8 cm³/mol. The second kappa shape index (κ2) is 4.57. The van der Waals surface area contributed by atoms with Gasteiger partial charge in [-0.15, -0.1) is 0 Å². The molecule has 0 aromatic heterocycles. The third-order valence-electron chi connectivity index (χ3n) is 3.30. The molecule has 2 N–H and O–H groups in total. The fourth-order valence-corrected chi connectivity index (χ4v) is 2.50. The Bertz CT molecular complexity index is 189. The number of nitrogens with zero attached hydrogens (tertiary/aromatic N) is 2. The Morgan fingerprint density at radius 2 is 2.21 bits per heavy atom. The van der Waals surface area contributed by atoms with Gasteiger partial charge < -0.3 is 10.2 Å². The van der Waals surface area contributed by atoms with Crippen LogP contribution in [0.15, 0.2) is 0 Å². The molecular formula is C10H19N2O2. The maximum atomic E-state index is 9.55. The normalized spacial score (nSPS) is 40.3. The van der Waals surface area contributed by atoms with E-state index in [9.17, 15) is 10.2 Å². The van der Waals surface area contributed by atoms with Crippen molar-refractivity contribution in [2.75, 3.05) is 19.7 Å². The Labute approximate surface area is 84.9 Å². The molecule has 2 fully saturated rings. The van der Waals surface area contributed by atoms with E-state index in [0.29, 0.717) is 0 Å². The lowest BCUT2D eigenvalue weighted by molar-refractivity contribution is 0.0304. The number of aliphatic hydroxyl groups is 2. The molecule has 0 bridgehead atoms. The zero-order valence-corrected chi connectivity index (χ0v) is 8.47. The van der Waals surface area contributed by atoms with E-state index in [1.54, 1.807) is 0 Å². The van der Waals surface area contributed by atoms with Crippen molar-refractivity contribution in [3.63, 3.8) is 0 Å². The largest absolute Gasteiger partial charge is 0.395 e. The van der Waals surface area contributed by atoms with Gasteiger partial charge in [-0.1, -0.05) is 0 Å². The molecule has 0 aromatic rings. The minimum absolute atomic E-state index is 0.151. The molecule has 2 aliphatic heterocycles. The molecular weight excluding hydrogens is 180 g/mol. The first-order valence-electron chi connectivity index (χ1n) is 5.52. The van der Waals surface area contributed by atoms with Crippen molar-refractivity contribution in [2.45, 2.75) is 44.0 Å². The third kappa shape index (κ3) is 2.08. The number of aliphatic hydroxyl groups excluding tert-OH is 2. The molecule has 1 radical (unpaired) electrons. The highest BCUT2D eigenvalue weighted by Crippen LogP contribution is 2.23. The zero-order valence-electron chi connectivity index (χ0n) is 8.47. The van der Waals surface area contributed by atoms with Crippen LogP contribution >= 0.6 is 0 Å². The van der Waals surface area contributed by atoms with Gasteiger partial charge in [-0.25, -0.2) is 5.32 Å². The summed E-state index contributed by atoms with van der Waals surface area (Å²) in [5.74, 6) is 0. The first-order valence-corrected chi connectivity index (χ1v) is 5.52. The van der Waals surface area contributed by atoms with Crippen LogP contribution in [0, 0.1) is 0 Å². The van der Waals surface area contributed by atoms with Crippen LogP contribution in [0.2, 0.25) is 0 Å². The molecule has 4 heteroatoms. The van der Waals surface area contributed by atoms with Crippen molar-refractivity contribution in [1.82, 2.24) is 10.2 Å². The van der Waals surface area contributed by atoms with Crippen molar-refractivity contribution in [3.8, 4) is 0 Å².